The highest BCUT2D eigenvalue weighted by molar-refractivity contribution is 7.80. The number of aromatic nitrogens is 3. The Labute approximate surface area is 115 Å². The lowest BCUT2D eigenvalue weighted by molar-refractivity contribution is 0.687. The van der Waals surface area contributed by atoms with E-state index in [-0.39, 0.29) is 0 Å². The molecule has 0 aliphatic carbocycles. The lowest BCUT2D eigenvalue weighted by Gasteiger charge is -2.06. The zero-order chi connectivity index (χ0) is 13.2. The van der Waals surface area contributed by atoms with E-state index in [4.69, 9.17) is 18.0 Å². The van der Waals surface area contributed by atoms with Gasteiger partial charge in [0.05, 0.1) is 23.4 Å². The van der Waals surface area contributed by atoms with Crippen molar-refractivity contribution in [1.82, 2.24) is 15.0 Å². The third-order valence-electron chi connectivity index (χ3n) is 2.97. The van der Waals surface area contributed by atoms with E-state index in [1.165, 1.54) is 10.8 Å². The maximum atomic E-state index is 5.56. The minimum atomic E-state index is 0.396. The smallest absolute Gasteiger partial charge is 0.0946 e. The molecule has 1 aromatic heterocycles. The molecule has 4 nitrogen and oxygen atoms in total. The average Bonchev–Trinajstić information content (AvgIpc) is 2.85. The van der Waals surface area contributed by atoms with Gasteiger partial charge in [0.25, 0.3) is 0 Å². The summed E-state index contributed by atoms with van der Waals surface area (Å²) in [6.07, 6.45) is 1.72. The molecule has 0 spiro atoms. The second kappa shape index (κ2) is 4.78. The highest BCUT2D eigenvalue weighted by atomic mass is 32.1. The van der Waals surface area contributed by atoms with Crippen molar-refractivity contribution in [3.05, 3.63) is 48.7 Å². The van der Waals surface area contributed by atoms with Crippen LogP contribution in [0.15, 0.2) is 48.7 Å². The Kier molecular flexibility index (Phi) is 2.97. The maximum absolute atomic E-state index is 5.56. The molecule has 2 aromatic carbocycles. The lowest BCUT2D eigenvalue weighted by atomic mass is 10.1. The predicted octanol–water partition coefficient (Wildman–Crippen LogP) is 2.38. The molecule has 3 rings (SSSR count). The van der Waals surface area contributed by atoms with Gasteiger partial charge in [0.15, 0.2) is 0 Å². The van der Waals surface area contributed by atoms with Crippen molar-refractivity contribution in [2.75, 3.05) is 0 Å². The molecule has 3 aromatic rings. The van der Waals surface area contributed by atoms with Gasteiger partial charge in [-0.3, -0.25) is 0 Å². The molecule has 0 saturated carbocycles. The number of nitrogens with zero attached hydrogens (tertiary/aromatic N) is 3. The summed E-state index contributed by atoms with van der Waals surface area (Å²) in [6, 6.07) is 14.5. The summed E-state index contributed by atoms with van der Waals surface area (Å²) in [7, 11) is 0. The van der Waals surface area contributed by atoms with Gasteiger partial charge in [0.2, 0.25) is 0 Å². The average molecular weight is 268 g/mol. The summed E-state index contributed by atoms with van der Waals surface area (Å²) in [6.45, 7) is 0.400. The van der Waals surface area contributed by atoms with E-state index in [1.807, 2.05) is 12.1 Å². The molecule has 0 saturated heterocycles. The molecule has 1 heterocycles. The van der Waals surface area contributed by atoms with Crippen LogP contribution in [0.5, 0.6) is 0 Å². The Balaban J connectivity index is 2.09. The molecule has 5 heteroatoms. The van der Waals surface area contributed by atoms with Crippen molar-refractivity contribution in [2.24, 2.45) is 5.73 Å². The van der Waals surface area contributed by atoms with E-state index in [0.29, 0.717) is 11.5 Å². The van der Waals surface area contributed by atoms with Crippen LogP contribution in [0.3, 0.4) is 0 Å². The van der Waals surface area contributed by atoms with Gasteiger partial charge in [0, 0.05) is 5.56 Å². The molecule has 0 fully saturated rings. The van der Waals surface area contributed by atoms with Crippen molar-refractivity contribution in [2.45, 2.75) is 6.54 Å². The topological polar surface area (TPSA) is 56.7 Å². The number of nitrogens with two attached hydrogens (primary N) is 1. The molecular weight excluding hydrogens is 256 g/mol. The number of fused-ring (bicyclic) bond motifs is 1. The molecule has 19 heavy (non-hydrogen) atoms. The van der Waals surface area contributed by atoms with Gasteiger partial charge in [-0.15, -0.1) is 5.10 Å². The SMILES string of the molecule is NC(=S)Cn1nncc1-c1ccc2ccccc2c1. The van der Waals surface area contributed by atoms with Crippen molar-refractivity contribution in [3.63, 3.8) is 0 Å². The van der Waals surface area contributed by atoms with Crippen LogP contribution in [-0.2, 0) is 6.54 Å². The van der Waals surface area contributed by atoms with Crippen LogP contribution in [0.2, 0.25) is 0 Å². The normalized spacial score (nSPS) is 10.7. The maximum Gasteiger partial charge on any atom is 0.0946 e. The van der Waals surface area contributed by atoms with Crippen LogP contribution >= 0.6 is 12.2 Å². The summed E-state index contributed by atoms with van der Waals surface area (Å²) in [5.41, 5.74) is 7.53. The molecule has 0 amide bonds. The molecule has 0 aliphatic heterocycles. The van der Waals surface area contributed by atoms with E-state index in [0.717, 1.165) is 11.3 Å². The van der Waals surface area contributed by atoms with Crippen LogP contribution in [0.4, 0.5) is 0 Å². The first-order valence-electron chi connectivity index (χ1n) is 5.90. The molecule has 0 radical (unpaired) electrons. The third-order valence-corrected chi connectivity index (χ3v) is 3.10. The summed E-state index contributed by atoms with van der Waals surface area (Å²) >= 11 is 4.92. The van der Waals surface area contributed by atoms with Gasteiger partial charge in [-0.2, -0.15) is 0 Å². The van der Waals surface area contributed by atoms with Gasteiger partial charge >= 0.3 is 0 Å². The standard InChI is InChI=1S/C14H12N4S/c15-14(19)9-18-13(8-16-17-18)12-6-5-10-3-1-2-4-11(10)7-12/h1-8H,9H2,(H2,15,19). The molecule has 0 atom stereocenters. The van der Waals surface area contributed by atoms with E-state index >= 15 is 0 Å². The van der Waals surface area contributed by atoms with Crippen molar-refractivity contribution in [3.8, 4) is 11.3 Å². The third kappa shape index (κ3) is 2.32. The first-order chi connectivity index (χ1) is 9.24. The molecule has 0 unspecified atom stereocenters. The fourth-order valence-corrected chi connectivity index (χ4v) is 2.22. The number of benzene rings is 2. The van der Waals surface area contributed by atoms with Gasteiger partial charge < -0.3 is 5.73 Å². The fourth-order valence-electron chi connectivity index (χ4n) is 2.09. The highest BCUT2D eigenvalue weighted by Crippen LogP contribution is 2.23. The summed E-state index contributed by atoms with van der Waals surface area (Å²) in [5, 5.41) is 10.3. The Morgan fingerprint density at radius 1 is 1.16 bits per heavy atom. The number of rotatable bonds is 3. The second-order valence-corrected chi connectivity index (χ2v) is 4.83. The monoisotopic (exact) mass is 268 g/mol. The Morgan fingerprint density at radius 2 is 1.95 bits per heavy atom. The Morgan fingerprint density at radius 3 is 2.74 bits per heavy atom. The summed E-state index contributed by atoms with van der Waals surface area (Å²) in [4.78, 5) is 0.396. The van der Waals surface area contributed by atoms with E-state index < -0.39 is 0 Å². The minimum absolute atomic E-state index is 0.396. The Hall–Kier alpha value is -2.27. The Bertz CT molecular complexity index is 748. The van der Waals surface area contributed by atoms with E-state index in [1.54, 1.807) is 10.9 Å². The summed E-state index contributed by atoms with van der Waals surface area (Å²) in [5.74, 6) is 0. The van der Waals surface area contributed by atoms with Crippen molar-refractivity contribution >= 4 is 28.0 Å². The van der Waals surface area contributed by atoms with E-state index in [2.05, 4.69) is 40.6 Å². The van der Waals surface area contributed by atoms with Gasteiger partial charge in [-0.25, -0.2) is 4.68 Å². The molecule has 94 valence electrons. The first kappa shape index (κ1) is 11.8. The van der Waals surface area contributed by atoms with Crippen LogP contribution in [0.1, 0.15) is 0 Å². The molecular formula is C14H12N4S. The first-order valence-corrected chi connectivity index (χ1v) is 6.31. The van der Waals surface area contributed by atoms with Gasteiger partial charge in [-0.1, -0.05) is 53.8 Å². The highest BCUT2D eigenvalue weighted by Gasteiger charge is 2.08. The zero-order valence-corrected chi connectivity index (χ0v) is 11.0. The minimum Gasteiger partial charge on any atom is -0.392 e. The van der Waals surface area contributed by atoms with Gasteiger partial charge in [0.1, 0.15) is 0 Å². The summed E-state index contributed by atoms with van der Waals surface area (Å²) < 4.78 is 1.71. The van der Waals surface area contributed by atoms with Crippen LogP contribution in [0.25, 0.3) is 22.0 Å². The fraction of sp³-hybridized carbons (Fsp3) is 0.0714. The lowest BCUT2D eigenvalue weighted by Crippen LogP contribution is -2.18. The van der Waals surface area contributed by atoms with Crippen LogP contribution in [0, 0.1) is 0 Å². The largest absolute Gasteiger partial charge is 0.392 e. The zero-order valence-electron chi connectivity index (χ0n) is 10.2. The van der Waals surface area contributed by atoms with Crippen molar-refractivity contribution in [1.29, 1.82) is 0 Å². The quantitative estimate of drug-likeness (QED) is 0.741. The number of hydrogen-bond donors (Lipinski definition) is 1. The number of thiocarbonyl (C=S) groups is 1. The van der Waals surface area contributed by atoms with Crippen LogP contribution < -0.4 is 5.73 Å². The number of hydrogen-bond acceptors (Lipinski definition) is 3. The van der Waals surface area contributed by atoms with Gasteiger partial charge in [-0.05, 0) is 16.8 Å². The molecule has 0 aliphatic rings. The molecule has 2 N–H and O–H groups in total. The predicted molar refractivity (Wildman–Crippen MR) is 79.7 cm³/mol. The second-order valence-electron chi connectivity index (χ2n) is 4.31. The van der Waals surface area contributed by atoms with Crippen molar-refractivity contribution < 1.29 is 0 Å². The molecule has 0 bridgehead atoms. The van der Waals surface area contributed by atoms with E-state index in [9.17, 15) is 0 Å². The van der Waals surface area contributed by atoms with Crippen LogP contribution in [-0.4, -0.2) is 20.0 Å².